The number of hydrogen-bond donors (Lipinski definition) is 3. The summed E-state index contributed by atoms with van der Waals surface area (Å²) in [7, 11) is 1.23. The van der Waals surface area contributed by atoms with Crippen molar-refractivity contribution in [3.8, 4) is 0 Å². The monoisotopic (exact) mass is 643 g/mol. The van der Waals surface area contributed by atoms with Crippen LogP contribution in [-0.2, 0) is 19.2 Å². The lowest BCUT2D eigenvalue weighted by Crippen LogP contribution is -2.71. The van der Waals surface area contributed by atoms with Crippen molar-refractivity contribution in [3.63, 3.8) is 0 Å². The number of fused-ring (bicyclic) bond motifs is 2. The maximum Gasteiger partial charge on any atom is 0.352 e. The summed E-state index contributed by atoms with van der Waals surface area (Å²) in [5.74, 6) is -7.31. The van der Waals surface area contributed by atoms with Gasteiger partial charge in [0, 0.05) is 28.3 Å². The number of rotatable bonds is 8. The van der Waals surface area contributed by atoms with Crippen LogP contribution in [0.15, 0.2) is 42.9 Å². The van der Waals surface area contributed by atoms with Crippen molar-refractivity contribution in [2.24, 2.45) is 5.16 Å². The van der Waals surface area contributed by atoms with Gasteiger partial charge >= 0.3 is 5.97 Å². The van der Waals surface area contributed by atoms with E-state index in [4.69, 9.17) is 10.6 Å². The van der Waals surface area contributed by atoms with Gasteiger partial charge in [-0.1, -0.05) is 5.16 Å². The van der Waals surface area contributed by atoms with Crippen LogP contribution in [0.2, 0.25) is 0 Å². The van der Waals surface area contributed by atoms with Crippen molar-refractivity contribution < 1.29 is 37.5 Å². The van der Waals surface area contributed by atoms with Gasteiger partial charge in [0.05, 0.1) is 8.91 Å². The standard InChI is InChI=1S/C23H16F3N5O6S4/c1-37-30-15(10-6-40-23(27)28-10)19(33)29-16-20(34)31-17(22(35)36)7(5-39-21(16)31)4-38-12-3-11(32)8-2-9(24)13(25)14(26)18(8)41-12/h2-3,6,16,21H,4-5H2,1H3,(H2,27,28)(H,29,33)(H,35,36)/b30-15-/t16-,21+/m1/s1. The van der Waals surface area contributed by atoms with Gasteiger partial charge in [0.15, 0.2) is 33.7 Å². The van der Waals surface area contributed by atoms with Crippen molar-refractivity contribution in [3.05, 3.63) is 62.2 Å². The lowest BCUT2D eigenvalue weighted by Gasteiger charge is -2.49. The fourth-order valence-corrected chi connectivity index (χ4v) is 8.35. The van der Waals surface area contributed by atoms with E-state index in [0.717, 1.165) is 45.4 Å². The Labute approximate surface area is 244 Å². The maximum absolute atomic E-state index is 14.3. The van der Waals surface area contributed by atoms with Gasteiger partial charge in [-0.2, -0.15) is 0 Å². The van der Waals surface area contributed by atoms with Crippen molar-refractivity contribution in [1.29, 1.82) is 0 Å². The van der Waals surface area contributed by atoms with Gasteiger partial charge in [-0.3, -0.25) is 19.3 Å². The first kappa shape index (κ1) is 28.9. The Morgan fingerprint density at radius 3 is 2.71 bits per heavy atom. The summed E-state index contributed by atoms with van der Waals surface area (Å²) in [5, 5.41) is 16.8. The Morgan fingerprint density at radius 2 is 2.05 bits per heavy atom. The molecule has 18 heteroatoms. The summed E-state index contributed by atoms with van der Waals surface area (Å²) >= 11 is 4.00. The number of oxime groups is 1. The number of nitrogen functional groups attached to an aromatic ring is 1. The number of hydrogen-bond acceptors (Lipinski definition) is 12. The van der Waals surface area contributed by atoms with Gasteiger partial charge in [-0.05, 0) is 11.6 Å². The molecule has 2 amide bonds. The van der Waals surface area contributed by atoms with Crippen LogP contribution in [0.3, 0.4) is 0 Å². The number of carboxylic acid groups (broad SMARTS) is 1. The number of aromatic nitrogens is 1. The third kappa shape index (κ3) is 5.27. The number of nitrogens with one attached hydrogen (secondary N) is 1. The molecule has 214 valence electrons. The van der Waals surface area contributed by atoms with Crippen LogP contribution in [0, 0.1) is 17.5 Å². The van der Waals surface area contributed by atoms with Crippen LogP contribution in [0.25, 0.3) is 10.1 Å². The Balaban J connectivity index is 1.35. The van der Waals surface area contributed by atoms with E-state index in [1.54, 1.807) is 0 Å². The zero-order valence-electron chi connectivity index (χ0n) is 20.5. The van der Waals surface area contributed by atoms with Crippen LogP contribution in [-0.4, -0.2) is 68.5 Å². The largest absolute Gasteiger partial charge is 0.477 e. The molecule has 4 N–H and O–H groups in total. The molecule has 0 radical (unpaired) electrons. The molecule has 1 saturated heterocycles. The van der Waals surface area contributed by atoms with Crippen LogP contribution >= 0.6 is 46.2 Å². The van der Waals surface area contributed by atoms with Gasteiger partial charge in [0.25, 0.3) is 11.8 Å². The molecule has 0 bridgehead atoms. The van der Waals surface area contributed by atoms with Crippen molar-refractivity contribution in [2.45, 2.75) is 15.6 Å². The molecule has 3 aromatic rings. The minimum Gasteiger partial charge on any atom is -0.477 e. The Kier molecular flexibility index (Phi) is 8.00. The predicted octanol–water partition coefficient (Wildman–Crippen LogP) is 2.60. The van der Waals surface area contributed by atoms with Gasteiger partial charge in [0.2, 0.25) is 0 Å². The minimum atomic E-state index is -1.70. The van der Waals surface area contributed by atoms with Crippen molar-refractivity contribution >= 4 is 84.9 Å². The predicted molar refractivity (Wildman–Crippen MR) is 148 cm³/mol. The number of amides is 2. The van der Waals surface area contributed by atoms with E-state index in [0.29, 0.717) is 11.6 Å². The van der Waals surface area contributed by atoms with Gasteiger partial charge in [-0.15, -0.1) is 46.2 Å². The number of carbonyl (C=O) groups excluding carboxylic acids is 2. The number of benzene rings is 1. The molecule has 2 aromatic heterocycles. The second-order valence-corrected chi connectivity index (χ2v) is 12.7. The second kappa shape index (κ2) is 11.3. The third-order valence-electron chi connectivity index (χ3n) is 5.92. The summed E-state index contributed by atoms with van der Waals surface area (Å²) < 4.78 is 41.5. The summed E-state index contributed by atoms with van der Waals surface area (Å²) in [5.41, 5.74) is 4.89. The summed E-state index contributed by atoms with van der Waals surface area (Å²) in [6.07, 6.45) is 0. The topological polar surface area (TPSA) is 164 Å². The highest BCUT2D eigenvalue weighted by Crippen LogP contribution is 2.42. The Bertz CT molecular complexity index is 1740. The molecule has 2 atom stereocenters. The lowest BCUT2D eigenvalue weighted by molar-refractivity contribution is -0.150. The number of thiazole rings is 1. The zero-order valence-corrected chi connectivity index (χ0v) is 23.7. The molecule has 0 unspecified atom stereocenters. The average molecular weight is 644 g/mol. The van der Waals surface area contributed by atoms with Crippen molar-refractivity contribution in [1.82, 2.24) is 15.2 Å². The smallest absolute Gasteiger partial charge is 0.352 e. The van der Waals surface area contributed by atoms with E-state index >= 15 is 0 Å². The zero-order chi connectivity index (χ0) is 29.6. The van der Waals surface area contributed by atoms with E-state index < -0.39 is 52.1 Å². The van der Waals surface area contributed by atoms with Crippen LogP contribution in [0.4, 0.5) is 18.3 Å². The number of carbonyl (C=O) groups is 3. The van der Waals surface area contributed by atoms with E-state index in [2.05, 4.69) is 15.5 Å². The minimum absolute atomic E-state index is 0.00476. The number of thioether (sulfide) groups is 2. The fraction of sp³-hybridized carbons (Fsp3) is 0.217. The highest BCUT2D eigenvalue weighted by atomic mass is 32.2. The van der Waals surface area contributed by atoms with Crippen molar-refractivity contribution in [2.75, 3.05) is 24.3 Å². The van der Waals surface area contributed by atoms with Crippen LogP contribution in [0.5, 0.6) is 0 Å². The van der Waals surface area contributed by atoms with E-state index in [1.807, 2.05) is 0 Å². The molecule has 1 aromatic carbocycles. The first-order chi connectivity index (χ1) is 19.5. The Morgan fingerprint density at radius 1 is 1.29 bits per heavy atom. The molecule has 2 aliphatic heterocycles. The van der Waals surface area contributed by atoms with E-state index in [-0.39, 0.29) is 48.0 Å². The second-order valence-electron chi connectivity index (χ2n) is 8.39. The first-order valence-electron chi connectivity index (χ1n) is 11.3. The number of nitrogens with two attached hydrogens (primary N) is 1. The summed E-state index contributed by atoms with van der Waals surface area (Å²) in [6.45, 7) is 0. The molecule has 4 heterocycles. The van der Waals surface area contributed by atoms with Crippen LogP contribution < -0.4 is 16.5 Å². The average Bonchev–Trinajstić information content (AvgIpc) is 3.37. The lowest BCUT2D eigenvalue weighted by atomic mass is 10.0. The number of β-lactam (4-membered cyclic amide) rings is 1. The Hall–Kier alpha value is -3.61. The number of carboxylic acids is 1. The van der Waals surface area contributed by atoms with Gasteiger partial charge in [-0.25, -0.2) is 22.9 Å². The molecule has 1 fully saturated rings. The maximum atomic E-state index is 14.3. The molecule has 0 aliphatic carbocycles. The molecule has 41 heavy (non-hydrogen) atoms. The number of aliphatic carboxylic acids is 1. The quantitative estimate of drug-likeness (QED) is 0.109. The van der Waals surface area contributed by atoms with Gasteiger partial charge < -0.3 is 21.0 Å². The molecule has 11 nitrogen and oxygen atoms in total. The van der Waals surface area contributed by atoms with E-state index in [9.17, 15) is 37.5 Å². The molecular weight excluding hydrogens is 628 g/mol. The van der Waals surface area contributed by atoms with Gasteiger partial charge in [0.1, 0.15) is 29.9 Å². The number of anilines is 1. The van der Waals surface area contributed by atoms with Crippen LogP contribution in [0.1, 0.15) is 5.69 Å². The number of halogens is 3. The third-order valence-corrected chi connectivity index (χ3v) is 10.4. The molecule has 2 aliphatic rings. The SMILES string of the molecule is CO/N=C(\C(=O)N[C@@H]1C(=O)N2C(C(=O)O)=C(CSc3cc(=O)c4cc(F)c(F)c(F)c4s3)CS[C@@H]12)c1csc(N)n1. The highest BCUT2D eigenvalue weighted by Gasteiger charge is 2.54. The molecule has 0 saturated carbocycles. The summed E-state index contributed by atoms with van der Waals surface area (Å²) in [4.78, 5) is 60.3. The molecule has 5 rings (SSSR count). The number of nitrogens with zero attached hydrogens (tertiary/aromatic N) is 3. The molecule has 0 spiro atoms. The van der Waals surface area contributed by atoms with E-state index in [1.165, 1.54) is 24.3 Å². The highest BCUT2D eigenvalue weighted by molar-refractivity contribution is 8.02. The normalized spacial score (nSPS) is 18.8. The first-order valence-corrected chi connectivity index (χ1v) is 15.0. The molecular formula is C23H16F3N5O6S4. The summed E-state index contributed by atoms with van der Waals surface area (Å²) in [6, 6.07) is 0.701. The fourth-order valence-electron chi connectivity index (χ4n) is 4.10.